The van der Waals surface area contributed by atoms with E-state index in [1.165, 1.54) is 31.4 Å². The van der Waals surface area contributed by atoms with Crippen molar-refractivity contribution < 1.29 is 31.1 Å². The molecule has 0 spiro atoms. The molecule has 35 heavy (non-hydrogen) atoms. The number of fused-ring (bicyclic) bond motifs is 1. The van der Waals surface area contributed by atoms with Gasteiger partial charge in [-0.05, 0) is 72.6 Å². The number of anilines is 1. The number of hydrogen-bond donors (Lipinski definition) is 1. The number of aromatic nitrogens is 1. The molecule has 2 aromatic rings. The van der Waals surface area contributed by atoms with Gasteiger partial charge in [0.25, 0.3) is 0 Å². The Balaban J connectivity index is 1.45. The molecule has 1 aromatic heterocycles. The van der Waals surface area contributed by atoms with Crippen LogP contribution >= 0.6 is 11.8 Å². The zero-order valence-electron chi connectivity index (χ0n) is 18.9. The Hall–Kier alpha value is -2.43. The molecular weight excluding hydrogens is 492 g/mol. The average Bonchev–Trinajstić information content (AvgIpc) is 3.20. The summed E-state index contributed by atoms with van der Waals surface area (Å²) in [6.45, 7) is 0. The van der Waals surface area contributed by atoms with Gasteiger partial charge in [-0.3, -0.25) is 9.78 Å². The summed E-state index contributed by atoms with van der Waals surface area (Å²) in [5.74, 6) is 0.553. The van der Waals surface area contributed by atoms with E-state index in [0.717, 1.165) is 34.1 Å². The number of amides is 1. The predicted molar refractivity (Wildman–Crippen MR) is 122 cm³/mol. The minimum Gasteiger partial charge on any atom is -0.380 e. The summed E-state index contributed by atoms with van der Waals surface area (Å²) < 4.78 is 80.7. The van der Waals surface area contributed by atoms with Gasteiger partial charge in [0.1, 0.15) is 0 Å². The number of pyridine rings is 1. The molecule has 2 atom stereocenters. The molecule has 1 aromatic carbocycles. The summed E-state index contributed by atoms with van der Waals surface area (Å²) in [6, 6.07) is 4.00. The number of benzene rings is 1. The highest BCUT2D eigenvalue weighted by Gasteiger charge is 2.47. The molecule has 1 saturated heterocycles. The fourth-order valence-corrected chi connectivity index (χ4v) is 5.84. The number of nitrogens with zero attached hydrogens (tertiary/aromatic N) is 2. The number of halogens is 6. The van der Waals surface area contributed by atoms with Crippen LogP contribution in [-0.4, -0.2) is 46.6 Å². The molecule has 0 saturated carbocycles. The van der Waals surface area contributed by atoms with Crippen molar-refractivity contribution in [3.63, 3.8) is 0 Å². The topological polar surface area (TPSA) is 45.2 Å². The summed E-state index contributed by atoms with van der Waals surface area (Å²) in [6.07, 6.45) is -5.86. The van der Waals surface area contributed by atoms with Crippen molar-refractivity contribution in [2.75, 3.05) is 23.9 Å². The third-order valence-corrected chi connectivity index (χ3v) is 7.57. The smallest absolute Gasteiger partial charge is 0.380 e. The van der Waals surface area contributed by atoms with Crippen LogP contribution in [0.5, 0.6) is 0 Å². The van der Waals surface area contributed by atoms with Crippen LogP contribution in [0.4, 0.5) is 32.0 Å². The Labute approximate surface area is 203 Å². The lowest BCUT2D eigenvalue weighted by Gasteiger charge is -2.33. The second kappa shape index (κ2) is 9.91. The number of thioether (sulfide) groups is 1. The molecule has 11 heteroatoms. The van der Waals surface area contributed by atoms with E-state index in [2.05, 4.69) is 10.3 Å². The molecule has 1 N–H and O–H groups in total. The molecule has 4 rings (SSSR count). The first kappa shape index (κ1) is 25.7. The molecule has 2 heterocycles. The van der Waals surface area contributed by atoms with Crippen molar-refractivity contribution in [3.8, 4) is 0 Å². The average molecular weight is 518 g/mol. The van der Waals surface area contributed by atoms with E-state index in [1.54, 1.807) is 11.8 Å². The largest absolute Gasteiger partial charge is 0.416 e. The molecule has 4 nitrogen and oxygen atoms in total. The van der Waals surface area contributed by atoms with E-state index in [9.17, 15) is 31.1 Å². The summed E-state index contributed by atoms with van der Waals surface area (Å²) >= 11 is 1.69. The second-order valence-corrected chi connectivity index (χ2v) is 10.2. The van der Waals surface area contributed by atoms with Crippen molar-refractivity contribution in [3.05, 3.63) is 58.9 Å². The van der Waals surface area contributed by atoms with Crippen LogP contribution in [0.3, 0.4) is 0 Å². The van der Waals surface area contributed by atoms with E-state index >= 15 is 0 Å². The van der Waals surface area contributed by atoms with Crippen molar-refractivity contribution in [1.82, 2.24) is 9.88 Å². The fraction of sp³-hybridized carbons (Fsp3) is 0.500. The van der Waals surface area contributed by atoms with Gasteiger partial charge in [-0.25, -0.2) is 0 Å². The van der Waals surface area contributed by atoms with Crippen LogP contribution in [0.25, 0.3) is 0 Å². The van der Waals surface area contributed by atoms with E-state index in [0.29, 0.717) is 36.9 Å². The maximum absolute atomic E-state index is 13.9. The lowest BCUT2D eigenvalue weighted by Crippen LogP contribution is -2.43. The maximum atomic E-state index is 13.9. The van der Waals surface area contributed by atoms with Gasteiger partial charge in [0.2, 0.25) is 5.91 Å². The molecule has 2 aliphatic rings. The molecule has 0 radical (unpaired) electrons. The van der Waals surface area contributed by atoms with E-state index in [-0.39, 0.29) is 11.7 Å². The highest BCUT2D eigenvalue weighted by molar-refractivity contribution is 7.99. The Morgan fingerprint density at radius 2 is 1.74 bits per heavy atom. The third kappa shape index (κ3) is 5.87. The summed E-state index contributed by atoms with van der Waals surface area (Å²) in [5.41, 5.74) is 0.876. The standard InChI is InChI=1S/C24H25F6N3OS/c1-33(22(34)14-6-8-35-9-7-14)21(24(28,29)30)20-5-4-18(13-31-20)32-19-11-15-2-3-17(23(25,26)27)10-16(15)12-19/h2-5,10,13-14,19,21,32H,6-9,11-12H2,1H3/t19?,21-/m0/s1. The van der Waals surface area contributed by atoms with E-state index in [1.807, 2.05) is 0 Å². The molecular formula is C24H25F6N3OS. The SMILES string of the molecule is CN(C(=O)C1CCSCC1)[C@@H](c1ccc(NC2Cc3ccc(C(F)(F)F)cc3C2)cn1)C(F)(F)F. The number of rotatable bonds is 5. The zero-order chi connectivity index (χ0) is 25.4. The maximum Gasteiger partial charge on any atom is 0.416 e. The Bertz CT molecular complexity index is 1050. The lowest BCUT2D eigenvalue weighted by molar-refractivity contribution is -0.191. The fourth-order valence-electron chi connectivity index (χ4n) is 4.73. The van der Waals surface area contributed by atoms with E-state index < -0.39 is 35.8 Å². The van der Waals surface area contributed by atoms with Gasteiger partial charge in [-0.2, -0.15) is 38.1 Å². The van der Waals surface area contributed by atoms with Crippen molar-refractivity contribution in [1.29, 1.82) is 0 Å². The van der Waals surface area contributed by atoms with Crippen LogP contribution in [0, 0.1) is 5.92 Å². The van der Waals surface area contributed by atoms with E-state index in [4.69, 9.17) is 0 Å². The summed E-state index contributed by atoms with van der Waals surface area (Å²) in [4.78, 5) is 17.5. The molecule has 0 bridgehead atoms. The van der Waals surface area contributed by atoms with Gasteiger partial charge in [-0.1, -0.05) is 6.07 Å². The molecule has 1 aliphatic carbocycles. The molecule has 190 valence electrons. The minimum atomic E-state index is -4.70. The van der Waals surface area contributed by atoms with Gasteiger partial charge in [0.15, 0.2) is 6.04 Å². The van der Waals surface area contributed by atoms with Gasteiger partial charge >= 0.3 is 12.4 Å². The molecule has 1 aliphatic heterocycles. The number of nitrogens with one attached hydrogen (secondary N) is 1. The lowest BCUT2D eigenvalue weighted by atomic mass is 9.99. The van der Waals surface area contributed by atoms with Gasteiger partial charge < -0.3 is 10.2 Å². The highest BCUT2D eigenvalue weighted by Crippen LogP contribution is 2.38. The summed E-state index contributed by atoms with van der Waals surface area (Å²) in [5, 5.41) is 3.15. The Morgan fingerprint density at radius 3 is 2.34 bits per heavy atom. The number of alkyl halides is 6. The molecule has 1 amide bonds. The first-order chi connectivity index (χ1) is 16.4. The van der Waals surface area contributed by atoms with Gasteiger partial charge in [0.05, 0.1) is 23.1 Å². The van der Waals surface area contributed by atoms with Gasteiger partial charge in [-0.15, -0.1) is 0 Å². The predicted octanol–water partition coefficient (Wildman–Crippen LogP) is 5.88. The Morgan fingerprint density at radius 1 is 1.06 bits per heavy atom. The first-order valence-corrected chi connectivity index (χ1v) is 12.4. The Kier molecular flexibility index (Phi) is 7.26. The second-order valence-electron chi connectivity index (χ2n) is 8.98. The van der Waals surface area contributed by atoms with Crippen molar-refractivity contribution >= 4 is 23.4 Å². The van der Waals surface area contributed by atoms with Crippen LogP contribution in [0.1, 0.15) is 41.3 Å². The first-order valence-electron chi connectivity index (χ1n) is 11.3. The number of hydrogen-bond acceptors (Lipinski definition) is 4. The van der Waals surface area contributed by atoms with Crippen LogP contribution < -0.4 is 5.32 Å². The quantitative estimate of drug-likeness (QED) is 0.503. The van der Waals surface area contributed by atoms with Crippen LogP contribution in [0.15, 0.2) is 36.5 Å². The normalized spacial score (nSPS) is 19.8. The van der Waals surface area contributed by atoms with Gasteiger partial charge in [0, 0.05) is 19.0 Å². The van der Waals surface area contributed by atoms with Crippen LogP contribution in [0.2, 0.25) is 0 Å². The summed E-state index contributed by atoms with van der Waals surface area (Å²) in [7, 11) is 1.17. The third-order valence-electron chi connectivity index (χ3n) is 6.52. The van der Waals surface area contributed by atoms with Crippen molar-refractivity contribution in [2.24, 2.45) is 5.92 Å². The molecule has 1 fully saturated rings. The van der Waals surface area contributed by atoms with Crippen LogP contribution in [-0.2, 0) is 23.8 Å². The highest BCUT2D eigenvalue weighted by atomic mass is 32.2. The van der Waals surface area contributed by atoms with Crippen molar-refractivity contribution in [2.45, 2.75) is 50.1 Å². The number of carbonyl (C=O) groups is 1. The monoisotopic (exact) mass is 517 g/mol. The number of carbonyl (C=O) groups excluding carboxylic acids is 1. The minimum absolute atomic E-state index is 0.201. The molecule has 1 unspecified atom stereocenters. The zero-order valence-corrected chi connectivity index (χ0v) is 19.7.